The molecule has 0 fully saturated rings. The van der Waals surface area contributed by atoms with Crippen molar-refractivity contribution in [1.82, 2.24) is 10.2 Å². The molecule has 9 heteroatoms. The molecule has 0 unspecified atom stereocenters. The van der Waals surface area contributed by atoms with Gasteiger partial charge in [0.25, 0.3) is 0 Å². The third-order valence-electron chi connectivity index (χ3n) is 4.06. The van der Waals surface area contributed by atoms with E-state index in [0.29, 0.717) is 42.6 Å². The van der Waals surface area contributed by atoms with E-state index < -0.39 is 6.61 Å². The van der Waals surface area contributed by atoms with Gasteiger partial charge in [-0.25, -0.2) is 0 Å². The first-order valence-electron chi connectivity index (χ1n) is 9.38. The highest BCUT2D eigenvalue weighted by Crippen LogP contribution is 2.33. The Morgan fingerprint density at radius 2 is 1.63 bits per heavy atom. The molecule has 3 aromatic rings. The molecule has 0 aliphatic carbocycles. The van der Waals surface area contributed by atoms with Crippen LogP contribution in [0.2, 0.25) is 0 Å². The molecule has 2 aromatic carbocycles. The summed E-state index contributed by atoms with van der Waals surface area (Å²) in [5, 5.41) is 8.11. The van der Waals surface area contributed by atoms with E-state index in [1.807, 2.05) is 32.0 Å². The smallest absolute Gasteiger partial charge is 0.387 e. The van der Waals surface area contributed by atoms with Gasteiger partial charge in [0, 0.05) is 5.56 Å². The summed E-state index contributed by atoms with van der Waals surface area (Å²) in [7, 11) is 1.36. The van der Waals surface area contributed by atoms with Gasteiger partial charge in [0.05, 0.1) is 26.7 Å². The normalized spacial score (nSPS) is 10.9. The second kappa shape index (κ2) is 9.91. The fraction of sp³-hybridized carbons (Fsp3) is 0.333. The summed E-state index contributed by atoms with van der Waals surface area (Å²) in [6, 6.07) is 10.0. The van der Waals surface area contributed by atoms with Crippen LogP contribution in [0.25, 0.3) is 11.5 Å². The average molecular weight is 420 g/mol. The monoisotopic (exact) mass is 420 g/mol. The Morgan fingerprint density at radius 3 is 2.33 bits per heavy atom. The lowest BCUT2D eigenvalue weighted by molar-refractivity contribution is -0.0512. The summed E-state index contributed by atoms with van der Waals surface area (Å²) in [6.45, 7) is 1.91. The molecule has 0 aliphatic rings. The van der Waals surface area contributed by atoms with Crippen LogP contribution in [0.1, 0.15) is 25.3 Å². The molecule has 0 saturated heterocycles. The number of nitrogens with zero attached hydrogens (tertiary/aromatic N) is 2. The van der Waals surface area contributed by atoms with Crippen LogP contribution in [0.5, 0.6) is 23.0 Å². The van der Waals surface area contributed by atoms with Crippen molar-refractivity contribution < 1.29 is 32.1 Å². The number of ether oxygens (including phenoxy) is 4. The van der Waals surface area contributed by atoms with Gasteiger partial charge in [0.15, 0.2) is 23.0 Å². The lowest BCUT2D eigenvalue weighted by Gasteiger charge is -2.11. The van der Waals surface area contributed by atoms with Crippen LogP contribution in [-0.4, -0.2) is 37.1 Å². The van der Waals surface area contributed by atoms with Crippen molar-refractivity contribution in [2.24, 2.45) is 0 Å². The van der Waals surface area contributed by atoms with Crippen LogP contribution in [-0.2, 0) is 6.42 Å². The van der Waals surface area contributed by atoms with Crippen LogP contribution in [0.15, 0.2) is 40.8 Å². The fourth-order valence-corrected chi connectivity index (χ4v) is 2.82. The number of hydrogen-bond acceptors (Lipinski definition) is 7. The molecule has 0 radical (unpaired) electrons. The molecule has 1 heterocycles. The summed E-state index contributed by atoms with van der Waals surface area (Å²) in [4.78, 5) is 0. The van der Waals surface area contributed by atoms with Gasteiger partial charge in [0.1, 0.15) is 0 Å². The Kier molecular flexibility index (Phi) is 7.05. The van der Waals surface area contributed by atoms with Crippen LogP contribution in [0.3, 0.4) is 0 Å². The number of aromatic nitrogens is 2. The van der Waals surface area contributed by atoms with E-state index in [-0.39, 0.29) is 17.4 Å². The third-order valence-corrected chi connectivity index (χ3v) is 4.06. The lowest BCUT2D eigenvalue weighted by Crippen LogP contribution is -2.03. The Morgan fingerprint density at radius 1 is 0.900 bits per heavy atom. The Hall–Kier alpha value is -3.36. The molecule has 0 amide bonds. The number of rotatable bonds is 10. The zero-order valence-electron chi connectivity index (χ0n) is 16.9. The van der Waals surface area contributed by atoms with Crippen molar-refractivity contribution in [3.05, 3.63) is 47.9 Å². The van der Waals surface area contributed by atoms with E-state index >= 15 is 0 Å². The predicted molar refractivity (Wildman–Crippen MR) is 105 cm³/mol. The summed E-state index contributed by atoms with van der Waals surface area (Å²) in [5.74, 6) is 2.02. The topological polar surface area (TPSA) is 75.8 Å². The Balaban J connectivity index is 1.79. The maximum atomic E-state index is 12.5. The van der Waals surface area contributed by atoms with Gasteiger partial charge in [0.2, 0.25) is 11.8 Å². The van der Waals surface area contributed by atoms with E-state index in [1.54, 1.807) is 6.07 Å². The van der Waals surface area contributed by atoms with Gasteiger partial charge in [-0.15, -0.1) is 10.2 Å². The lowest BCUT2D eigenvalue weighted by atomic mass is 10.1. The summed E-state index contributed by atoms with van der Waals surface area (Å²) >= 11 is 0. The van der Waals surface area contributed by atoms with Crippen LogP contribution in [0, 0.1) is 0 Å². The maximum absolute atomic E-state index is 12.5. The van der Waals surface area contributed by atoms with E-state index in [9.17, 15) is 8.78 Å². The summed E-state index contributed by atoms with van der Waals surface area (Å²) in [5.41, 5.74) is 1.43. The second-order valence-corrected chi connectivity index (χ2v) is 6.07. The molecular weight excluding hydrogens is 398 g/mol. The molecule has 0 spiro atoms. The largest absolute Gasteiger partial charge is 0.493 e. The number of hydrogen-bond donors (Lipinski definition) is 0. The van der Waals surface area contributed by atoms with Crippen molar-refractivity contribution >= 4 is 0 Å². The maximum Gasteiger partial charge on any atom is 0.387 e. The fourth-order valence-electron chi connectivity index (χ4n) is 2.82. The number of alkyl halides is 2. The van der Waals surface area contributed by atoms with Crippen molar-refractivity contribution in [2.45, 2.75) is 26.9 Å². The molecule has 0 saturated carbocycles. The highest BCUT2D eigenvalue weighted by Gasteiger charge is 2.16. The second-order valence-electron chi connectivity index (χ2n) is 6.07. The first kappa shape index (κ1) is 21.4. The third kappa shape index (κ3) is 5.16. The molecule has 1 aromatic heterocycles. The van der Waals surface area contributed by atoms with Crippen LogP contribution in [0.4, 0.5) is 8.78 Å². The molecule has 0 aliphatic heterocycles. The van der Waals surface area contributed by atoms with E-state index in [0.717, 1.165) is 5.56 Å². The summed E-state index contributed by atoms with van der Waals surface area (Å²) in [6.07, 6.45) is 0.392. The molecule has 0 atom stereocenters. The predicted octanol–water partition coefficient (Wildman–Crippen LogP) is 4.73. The first-order chi connectivity index (χ1) is 14.5. The zero-order chi connectivity index (χ0) is 21.5. The van der Waals surface area contributed by atoms with E-state index in [4.69, 9.17) is 18.6 Å². The molecule has 0 bridgehead atoms. The molecule has 3 rings (SSSR count). The summed E-state index contributed by atoms with van der Waals surface area (Å²) < 4.78 is 51.4. The molecular formula is C21H22F2N2O5. The minimum atomic E-state index is -2.95. The van der Waals surface area contributed by atoms with Crippen LogP contribution < -0.4 is 18.9 Å². The number of halogens is 2. The molecule has 160 valence electrons. The average Bonchev–Trinajstić information content (AvgIpc) is 3.18. The molecule has 7 nitrogen and oxygen atoms in total. The van der Waals surface area contributed by atoms with Crippen molar-refractivity contribution in [3.63, 3.8) is 0 Å². The van der Waals surface area contributed by atoms with Crippen molar-refractivity contribution in [3.8, 4) is 34.5 Å². The SMILES string of the molecule is CCOc1ccc(Cc2nnc(-c3ccc(OC(F)F)c(OC)c3)o2)cc1OCC. The van der Waals surface area contributed by atoms with Gasteiger partial charge < -0.3 is 23.4 Å². The van der Waals surface area contributed by atoms with Gasteiger partial charge in [-0.05, 0) is 49.7 Å². The van der Waals surface area contributed by atoms with E-state index in [1.165, 1.54) is 19.2 Å². The molecule has 30 heavy (non-hydrogen) atoms. The van der Waals surface area contributed by atoms with E-state index in [2.05, 4.69) is 14.9 Å². The van der Waals surface area contributed by atoms with Gasteiger partial charge in [-0.2, -0.15) is 8.78 Å². The molecule has 0 N–H and O–H groups in total. The first-order valence-corrected chi connectivity index (χ1v) is 9.38. The Bertz CT molecular complexity index is 978. The van der Waals surface area contributed by atoms with Crippen molar-refractivity contribution in [1.29, 1.82) is 0 Å². The minimum absolute atomic E-state index is 0.0752. The standard InChI is InChI=1S/C21H22F2N2O5/c1-4-27-15-8-6-13(10-18(15)28-5-2)11-19-24-25-20(30-19)14-7-9-16(29-21(22)23)17(12-14)26-3/h6-10,12,21H,4-5,11H2,1-3H3. The Labute approximate surface area is 172 Å². The minimum Gasteiger partial charge on any atom is -0.493 e. The highest BCUT2D eigenvalue weighted by molar-refractivity contribution is 5.59. The number of benzene rings is 2. The zero-order valence-corrected chi connectivity index (χ0v) is 16.9. The van der Waals surface area contributed by atoms with Gasteiger partial charge >= 0.3 is 6.61 Å². The quantitative estimate of drug-likeness (QED) is 0.469. The van der Waals surface area contributed by atoms with Gasteiger partial charge in [-0.1, -0.05) is 6.07 Å². The van der Waals surface area contributed by atoms with Crippen molar-refractivity contribution in [2.75, 3.05) is 20.3 Å². The number of methoxy groups -OCH3 is 1. The van der Waals surface area contributed by atoms with Gasteiger partial charge in [-0.3, -0.25) is 0 Å². The highest BCUT2D eigenvalue weighted by atomic mass is 19.3. The van der Waals surface area contributed by atoms with Crippen LogP contribution >= 0.6 is 0 Å².